The van der Waals surface area contributed by atoms with E-state index < -0.39 is 28.2 Å². The van der Waals surface area contributed by atoms with Crippen molar-refractivity contribution in [3.8, 4) is 0 Å². The average Bonchev–Trinajstić information content (AvgIpc) is 2.74. The summed E-state index contributed by atoms with van der Waals surface area (Å²) in [5, 5.41) is 21.8. The highest BCUT2D eigenvalue weighted by Crippen LogP contribution is 2.70. The van der Waals surface area contributed by atoms with Crippen LogP contribution in [0.15, 0.2) is 11.6 Å². The summed E-state index contributed by atoms with van der Waals surface area (Å²) in [6.45, 7) is 5.71. The molecule has 1 unspecified atom stereocenters. The van der Waals surface area contributed by atoms with Gasteiger partial charge in [0, 0.05) is 23.7 Å². The smallest absolute Gasteiger partial charge is 0.155 e. The Morgan fingerprint density at radius 3 is 2.54 bits per heavy atom. The van der Waals surface area contributed by atoms with E-state index in [1.54, 1.807) is 13.0 Å². The molecule has 0 bridgehead atoms. The van der Waals surface area contributed by atoms with Crippen molar-refractivity contribution in [3.63, 3.8) is 0 Å². The second kappa shape index (κ2) is 4.70. The molecule has 3 nitrogen and oxygen atoms in total. The van der Waals surface area contributed by atoms with Crippen LogP contribution in [0.1, 0.15) is 65.7 Å². The molecule has 4 heteroatoms. The van der Waals surface area contributed by atoms with Crippen molar-refractivity contribution in [3.05, 3.63) is 11.6 Å². The molecule has 0 aromatic heterocycles. The Balaban J connectivity index is 1.81. The molecule has 4 aliphatic rings. The molecule has 24 heavy (non-hydrogen) atoms. The van der Waals surface area contributed by atoms with Crippen LogP contribution in [-0.2, 0) is 4.79 Å². The van der Waals surface area contributed by atoms with Gasteiger partial charge in [0.05, 0.1) is 11.7 Å². The van der Waals surface area contributed by atoms with E-state index in [-0.39, 0.29) is 24.0 Å². The Labute approximate surface area is 143 Å². The molecule has 4 aliphatic carbocycles. The fourth-order valence-corrected chi connectivity index (χ4v) is 6.75. The Kier molecular flexibility index (Phi) is 3.27. The SMILES string of the molecule is C[C@]1(O)CC[C@H]2[C@@H]3CCC4=CC(=O)CC[C@]4(C)[C@@]3(F)CC(O)[C@@]21C. The van der Waals surface area contributed by atoms with Gasteiger partial charge in [-0.25, -0.2) is 4.39 Å². The van der Waals surface area contributed by atoms with Crippen molar-refractivity contribution in [2.45, 2.75) is 83.1 Å². The monoisotopic (exact) mass is 336 g/mol. The number of aliphatic hydroxyl groups excluding tert-OH is 1. The molecule has 134 valence electrons. The molecule has 0 aliphatic heterocycles. The lowest BCUT2D eigenvalue weighted by atomic mass is 9.44. The minimum atomic E-state index is -1.48. The van der Waals surface area contributed by atoms with Gasteiger partial charge in [-0.1, -0.05) is 19.4 Å². The van der Waals surface area contributed by atoms with Gasteiger partial charge in [-0.15, -0.1) is 0 Å². The molecule has 2 N–H and O–H groups in total. The van der Waals surface area contributed by atoms with E-state index in [0.717, 1.165) is 18.4 Å². The summed E-state index contributed by atoms with van der Waals surface area (Å²) in [6.07, 6.45) is 4.70. The van der Waals surface area contributed by atoms with Crippen molar-refractivity contribution in [1.29, 1.82) is 0 Å². The molecule has 0 amide bonds. The number of fused-ring (bicyclic) bond motifs is 5. The summed E-state index contributed by atoms with van der Waals surface area (Å²) in [6, 6.07) is 0. The predicted molar refractivity (Wildman–Crippen MR) is 89.1 cm³/mol. The molecule has 7 atom stereocenters. The zero-order chi connectivity index (χ0) is 17.5. The van der Waals surface area contributed by atoms with Gasteiger partial charge >= 0.3 is 0 Å². The van der Waals surface area contributed by atoms with E-state index >= 15 is 4.39 Å². The van der Waals surface area contributed by atoms with Crippen LogP contribution in [0.5, 0.6) is 0 Å². The summed E-state index contributed by atoms with van der Waals surface area (Å²) < 4.78 is 16.6. The molecule has 0 heterocycles. The number of allylic oxidation sites excluding steroid dienone is 1. The molecule has 0 aromatic carbocycles. The Hall–Kier alpha value is -0.740. The summed E-state index contributed by atoms with van der Waals surface area (Å²) in [7, 11) is 0. The first kappa shape index (κ1) is 16.7. The summed E-state index contributed by atoms with van der Waals surface area (Å²) in [5.41, 5.74) is -2.78. The third-order valence-corrected chi connectivity index (χ3v) is 8.69. The van der Waals surface area contributed by atoms with E-state index in [0.29, 0.717) is 25.7 Å². The van der Waals surface area contributed by atoms with Gasteiger partial charge in [0.2, 0.25) is 0 Å². The zero-order valence-electron chi connectivity index (χ0n) is 14.9. The second-order valence-electron chi connectivity index (χ2n) is 9.40. The van der Waals surface area contributed by atoms with Crippen LogP contribution in [0.3, 0.4) is 0 Å². The molecule has 0 radical (unpaired) electrons. The van der Waals surface area contributed by atoms with Gasteiger partial charge < -0.3 is 10.2 Å². The van der Waals surface area contributed by atoms with E-state index in [9.17, 15) is 15.0 Å². The van der Waals surface area contributed by atoms with Gasteiger partial charge in [0.1, 0.15) is 5.67 Å². The largest absolute Gasteiger partial charge is 0.392 e. The maximum absolute atomic E-state index is 16.6. The Bertz CT molecular complexity index is 626. The summed E-state index contributed by atoms with van der Waals surface area (Å²) >= 11 is 0. The van der Waals surface area contributed by atoms with Crippen molar-refractivity contribution in [2.24, 2.45) is 22.7 Å². The van der Waals surface area contributed by atoms with E-state index in [4.69, 9.17) is 0 Å². The molecule has 3 saturated carbocycles. The standard InChI is InChI=1S/C20H29FO3/c1-17-8-6-13(22)10-12(17)4-5-15-14-7-9-18(2,24)19(14,3)16(23)11-20(15,17)21/h10,14-16,23-24H,4-9,11H2,1-3H3/t14-,15-,16?,17-,18-,19+,20+/m0/s1. The average molecular weight is 336 g/mol. The number of carbonyl (C=O) groups is 1. The van der Waals surface area contributed by atoms with Gasteiger partial charge in [-0.3, -0.25) is 4.79 Å². The summed E-state index contributed by atoms with van der Waals surface area (Å²) in [5.74, 6) is -0.0398. The second-order valence-corrected chi connectivity index (χ2v) is 9.40. The van der Waals surface area contributed by atoms with Gasteiger partial charge in [0.25, 0.3) is 0 Å². The highest BCUT2D eigenvalue weighted by atomic mass is 19.1. The Morgan fingerprint density at radius 2 is 1.83 bits per heavy atom. The lowest BCUT2D eigenvalue weighted by Gasteiger charge is -2.63. The predicted octanol–water partition coefficient (Wildman–Crippen LogP) is 3.33. The first-order valence-electron chi connectivity index (χ1n) is 9.39. The van der Waals surface area contributed by atoms with Gasteiger partial charge in [-0.2, -0.15) is 0 Å². The van der Waals surface area contributed by atoms with Crippen LogP contribution >= 0.6 is 0 Å². The number of carbonyl (C=O) groups excluding carboxylic acids is 1. The molecule has 0 aromatic rings. The number of hydrogen-bond donors (Lipinski definition) is 2. The van der Waals surface area contributed by atoms with Crippen LogP contribution in [0.25, 0.3) is 0 Å². The van der Waals surface area contributed by atoms with E-state index in [1.807, 2.05) is 13.8 Å². The van der Waals surface area contributed by atoms with Crippen LogP contribution in [-0.4, -0.2) is 33.4 Å². The van der Waals surface area contributed by atoms with Gasteiger partial charge in [-0.05, 0) is 56.9 Å². The van der Waals surface area contributed by atoms with Crippen molar-refractivity contribution in [2.75, 3.05) is 0 Å². The normalized spacial score (nSPS) is 57.0. The summed E-state index contributed by atoms with van der Waals surface area (Å²) in [4.78, 5) is 11.8. The number of ketones is 1. The lowest BCUT2D eigenvalue weighted by Crippen LogP contribution is -2.67. The van der Waals surface area contributed by atoms with E-state index in [2.05, 4.69) is 0 Å². The highest BCUT2D eigenvalue weighted by molar-refractivity contribution is 5.91. The number of aliphatic hydroxyl groups is 2. The first-order chi connectivity index (χ1) is 11.1. The maximum atomic E-state index is 16.6. The van der Waals surface area contributed by atoms with Crippen molar-refractivity contribution >= 4 is 5.78 Å². The minimum Gasteiger partial charge on any atom is -0.392 e. The van der Waals surface area contributed by atoms with Crippen LogP contribution < -0.4 is 0 Å². The van der Waals surface area contributed by atoms with Crippen LogP contribution in [0, 0.1) is 22.7 Å². The fourth-order valence-electron chi connectivity index (χ4n) is 6.75. The number of alkyl halides is 1. The molecular weight excluding hydrogens is 307 g/mol. The third-order valence-electron chi connectivity index (χ3n) is 8.69. The minimum absolute atomic E-state index is 0.00254. The first-order valence-corrected chi connectivity index (χ1v) is 9.39. The van der Waals surface area contributed by atoms with Gasteiger partial charge in [0.15, 0.2) is 5.78 Å². The third kappa shape index (κ3) is 1.72. The lowest BCUT2D eigenvalue weighted by molar-refractivity contribution is -0.221. The molecule has 0 spiro atoms. The molecule has 4 rings (SSSR count). The fraction of sp³-hybridized carbons (Fsp3) is 0.850. The molecular formula is C20H29FO3. The topological polar surface area (TPSA) is 57.5 Å². The molecule has 0 saturated heterocycles. The maximum Gasteiger partial charge on any atom is 0.155 e. The zero-order valence-corrected chi connectivity index (χ0v) is 14.9. The van der Waals surface area contributed by atoms with E-state index in [1.165, 1.54) is 0 Å². The van der Waals surface area contributed by atoms with Crippen molar-refractivity contribution < 1.29 is 19.4 Å². The number of rotatable bonds is 0. The number of halogens is 1. The van der Waals surface area contributed by atoms with Crippen molar-refractivity contribution in [1.82, 2.24) is 0 Å². The number of hydrogen-bond acceptors (Lipinski definition) is 3. The van der Waals surface area contributed by atoms with Crippen LogP contribution in [0.2, 0.25) is 0 Å². The highest BCUT2D eigenvalue weighted by Gasteiger charge is 2.71. The van der Waals surface area contributed by atoms with Crippen LogP contribution in [0.4, 0.5) is 4.39 Å². The Morgan fingerprint density at radius 1 is 1.12 bits per heavy atom. The quantitative estimate of drug-likeness (QED) is 0.713. The molecule has 3 fully saturated rings.